The molecule has 0 amide bonds. The number of rotatable bonds is 1. The molecular formula is C15H17N3S. The molecule has 0 unspecified atom stereocenters. The normalized spacial score (nSPS) is 11.4. The van der Waals surface area contributed by atoms with Gasteiger partial charge in [0, 0.05) is 11.9 Å². The van der Waals surface area contributed by atoms with Crippen LogP contribution in [0.15, 0.2) is 18.2 Å². The number of nitrogen functional groups attached to an aromatic ring is 1. The summed E-state index contributed by atoms with van der Waals surface area (Å²) in [5.41, 5.74) is 11.9. The van der Waals surface area contributed by atoms with Crippen LogP contribution in [0.4, 0.5) is 5.00 Å². The maximum atomic E-state index is 6.16. The third-order valence-corrected chi connectivity index (χ3v) is 4.71. The summed E-state index contributed by atoms with van der Waals surface area (Å²) >= 11 is 1.64. The molecular weight excluding hydrogens is 254 g/mol. The van der Waals surface area contributed by atoms with Gasteiger partial charge in [0.25, 0.3) is 0 Å². The number of imidazole rings is 1. The van der Waals surface area contributed by atoms with Crippen LogP contribution in [0.2, 0.25) is 0 Å². The third-order valence-electron chi connectivity index (χ3n) is 3.67. The summed E-state index contributed by atoms with van der Waals surface area (Å²) in [5, 5.41) is 0.852. The number of aryl methyl sites for hydroxylation is 3. The Morgan fingerprint density at radius 1 is 1.21 bits per heavy atom. The average molecular weight is 271 g/mol. The van der Waals surface area contributed by atoms with Crippen LogP contribution in [-0.2, 0) is 7.05 Å². The van der Waals surface area contributed by atoms with Gasteiger partial charge in [0.15, 0.2) is 0 Å². The molecule has 3 rings (SSSR count). The molecule has 0 aliphatic carbocycles. The first-order valence-corrected chi connectivity index (χ1v) is 7.09. The molecule has 3 nitrogen and oxygen atoms in total. The fraction of sp³-hybridized carbons (Fsp3) is 0.267. The van der Waals surface area contributed by atoms with E-state index in [0.717, 1.165) is 27.4 Å². The number of benzene rings is 1. The number of fused-ring (bicyclic) bond motifs is 1. The molecule has 0 saturated carbocycles. The summed E-state index contributed by atoms with van der Waals surface area (Å²) in [7, 11) is 2.05. The van der Waals surface area contributed by atoms with E-state index in [0.29, 0.717) is 0 Å². The summed E-state index contributed by atoms with van der Waals surface area (Å²) in [6.07, 6.45) is 0. The minimum atomic E-state index is 0.852. The SMILES string of the molecule is Cc1ccc2c(c1)nc(-c1c(N)sc(C)c1C)n2C. The average Bonchev–Trinajstić information content (AvgIpc) is 2.78. The van der Waals surface area contributed by atoms with E-state index in [1.54, 1.807) is 11.3 Å². The van der Waals surface area contributed by atoms with E-state index >= 15 is 0 Å². The zero-order chi connectivity index (χ0) is 13.7. The number of anilines is 1. The maximum absolute atomic E-state index is 6.16. The molecule has 0 atom stereocenters. The van der Waals surface area contributed by atoms with Crippen molar-refractivity contribution in [3.8, 4) is 11.4 Å². The fourth-order valence-electron chi connectivity index (χ4n) is 2.46. The first-order valence-electron chi connectivity index (χ1n) is 6.28. The van der Waals surface area contributed by atoms with Crippen LogP contribution < -0.4 is 5.73 Å². The van der Waals surface area contributed by atoms with E-state index < -0.39 is 0 Å². The molecule has 0 spiro atoms. The zero-order valence-electron chi connectivity index (χ0n) is 11.6. The number of nitrogens with two attached hydrogens (primary N) is 1. The Labute approximate surface area is 116 Å². The quantitative estimate of drug-likeness (QED) is 0.731. The van der Waals surface area contributed by atoms with Gasteiger partial charge in [-0.1, -0.05) is 6.07 Å². The minimum absolute atomic E-state index is 0.852. The lowest BCUT2D eigenvalue weighted by Crippen LogP contribution is -1.95. The number of hydrogen-bond donors (Lipinski definition) is 1. The van der Waals surface area contributed by atoms with Gasteiger partial charge < -0.3 is 10.3 Å². The van der Waals surface area contributed by atoms with Gasteiger partial charge >= 0.3 is 0 Å². The van der Waals surface area contributed by atoms with Gasteiger partial charge in [0.2, 0.25) is 0 Å². The topological polar surface area (TPSA) is 43.8 Å². The highest BCUT2D eigenvalue weighted by Gasteiger charge is 2.18. The second-order valence-corrected chi connectivity index (χ2v) is 6.27. The molecule has 2 N–H and O–H groups in total. The summed E-state index contributed by atoms with van der Waals surface area (Å²) in [5.74, 6) is 0.958. The van der Waals surface area contributed by atoms with Crippen molar-refractivity contribution in [3.05, 3.63) is 34.2 Å². The Kier molecular flexibility index (Phi) is 2.64. The molecule has 98 valence electrons. The van der Waals surface area contributed by atoms with E-state index in [9.17, 15) is 0 Å². The highest BCUT2D eigenvalue weighted by atomic mass is 32.1. The van der Waals surface area contributed by atoms with E-state index in [1.807, 2.05) is 7.05 Å². The van der Waals surface area contributed by atoms with Gasteiger partial charge in [-0.05, 0) is 44.0 Å². The summed E-state index contributed by atoms with van der Waals surface area (Å²) < 4.78 is 2.12. The number of nitrogens with zero attached hydrogens (tertiary/aromatic N) is 2. The van der Waals surface area contributed by atoms with Crippen molar-refractivity contribution in [2.75, 3.05) is 5.73 Å². The lowest BCUT2D eigenvalue weighted by molar-refractivity contribution is 0.959. The molecule has 0 fully saturated rings. The zero-order valence-corrected chi connectivity index (χ0v) is 12.4. The maximum Gasteiger partial charge on any atom is 0.144 e. The van der Waals surface area contributed by atoms with Crippen molar-refractivity contribution >= 4 is 27.4 Å². The Balaban J connectivity index is 2.34. The Hall–Kier alpha value is -1.81. The van der Waals surface area contributed by atoms with Crippen molar-refractivity contribution < 1.29 is 0 Å². The highest BCUT2D eigenvalue weighted by Crippen LogP contribution is 2.38. The molecule has 3 aromatic rings. The van der Waals surface area contributed by atoms with Crippen molar-refractivity contribution in [1.82, 2.24) is 9.55 Å². The second-order valence-electron chi connectivity index (χ2n) is 5.01. The largest absolute Gasteiger partial charge is 0.390 e. The Morgan fingerprint density at radius 3 is 2.58 bits per heavy atom. The summed E-state index contributed by atoms with van der Waals surface area (Å²) in [6.45, 7) is 6.30. The molecule has 0 radical (unpaired) electrons. The van der Waals surface area contributed by atoms with E-state index in [-0.39, 0.29) is 0 Å². The van der Waals surface area contributed by atoms with Crippen molar-refractivity contribution in [2.45, 2.75) is 20.8 Å². The van der Waals surface area contributed by atoms with E-state index in [4.69, 9.17) is 10.7 Å². The molecule has 0 aliphatic heterocycles. The Bertz CT molecular complexity index is 780. The lowest BCUT2D eigenvalue weighted by Gasteiger charge is -2.03. The molecule has 0 aliphatic rings. The first-order chi connectivity index (χ1) is 8.99. The van der Waals surface area contributed by atoms with Crippen LogP contribution in [0.1, 0.15) is 16.0 Å². The van der Waals surface area contributed by atoms with Crippen LogP contribution >= 0.6 is 11.3 Å². The highest BCUT2D eigenvalue weighted by molar-refractivity contribution is 7.16. The predicted octanol–water partition coefficient (Wildman–Crippen LogP) is 3.81. The third kappa shape index (κ3) is 1.75. The first kappa shape index (κ1) is 12.2. The summed E-state index contributed by atoms with van der Waals surface area (Å²) in [6, 6.07) is 6.35. The summed E-state index contributed by atoms with van der Waals surface area (Å²) in [4.78, 5) is 6.03. The smallest absolute Gasteiger partial charge is 0.144 e. The van der Waals surface area contributed by atoms with Gasteiger partial charge in [-0.3, -0.25) is 0 Å². The molecule has 0 bridgehead atoms. The van der Waals surface area contributed by atoms with Gasteiger partial charge in [0.05, 0.1) is 21.6 Å². The minimum Gasteiger partial charge on any atom is -0.390 e. The molecule has 4 heteroatoms. The number of thiophene rings is 1. The fourth-order valence-corrected chi connectivity index (χ4v) is 3.40. The van der Waals surface area contributed by atoms with Crippen molar-refractivity contribution in [2.24, 2.45) is 7.05 Å². The van der Waals surface area contributed by atoms with E-state index in [2.05, 4.69) is 43.5 Å². The van der Waals surface area contributed by atoms with Crippen LogP contribution in [0.5, 0.6) is 0 Å². The molecule has 2 heterocycles. The standard InChI is InChI=1S/C15H17N3S/c1-8-5-6-12-11(7-8)17-15(18(12)4)13-9(2)10(3)19-14(13)16/h5-7H,16H2,1-4H3. The van der Waals surface area contributed by atoms with Gasteiger partial charge in [-0.15, -0.1) is 11.3 Å². The van der Waals surface area contributed by atoms with E-state index in [1.165, 1.54) is 16.0 Å². The van der Waals surface area contributed by atoms with Gasteiger partial charge in [-0.2, -0.15) is 0 Å². The predicted molar refractivity (Wildman–Crippen MR) is 82.7 cm³/mol. The monoisotopic (exact) mass is 271 g/mol. The van der Waals surface area contributed by atoms with Crippen LogP contribution in [0, 0.1) is 20.8 Å². The van der Waals surface area contributed by atoms with Crippen molar-refractivity contribution in [3.63, 3.8) is 0 Å². The van der Waals surface area contributed by atoms with Crippen LogP contribution in [0.25, 0.3) is 22.4 Å². The lowest BCUT2D eigenvalue weighted by atomic mass is 10.1. The molecule has 19 heavy (non-hydrogen) atoms. The van der Waals surface area contributed by atoms with Gasteiger partial charge in [-0.25, -0.2) is 4.98 Å². The molecule has 0 saturated heterocycles. The second kappa shape index (κ2) is 4.10. The van der Waals surface area contributed by atoms with Gasteiger partial charge in [0.1, 0.15) is 5.82 Å². The Morgan fingerprint density at radius 2 is 1.95 bits per heavy atom. The van der Waals surface area contributed by atoms with Crippen LogP contribution in [-0.4, -0.2) is 9.55 Å². The molecule has 2 aromatic heterocycles. The van der Waals surface area contributed by atoms with Crippen LogP contribution in [0.3, 0.4) is 0 Å². The number of aromatic nitrogens is 2. The van der Waals surface area contributed by atoms with Crippen molar-refractivity contribution in [1.29, 1.82) is 0 Å². The molecule has 1 aromatic carbocycles. The number of hydrogen-bond acceptors (Lipinski definition) is 3.